The second-order valence-corrected chi connectivity index (χ2v) is 5.28. The van der Waals surface area contributed by atoms with Crippen LogP contribution in [0.3, 0.4) is 0 Å². The Kier molecular flexibility index (Phi) is 2.51. The fourth-order valence-electron chi connectivity index (χ4n) is 3.84. The van der Waals surface area contributed by atoms with Crippen molar-refractivity contribution in [2.45, 2.75) is 44.6 Å². The number of rotatable bonds is 2. The van der Waals surface area contributed by atoms with Crippen LogP contribution in [0.2, 0.25) is 0 Å². The molecule has 3 rings (SSSR count). The van der Waals surface area contributed by atoms with Gasteiger partial charge in [0.1, 0.15) is 0 Å². The summed E-state index contributed by atoms with van der Waals surface area (Å²) in [6.07, 6.45) is 6.64. The van der Waals surface area contributed by atoms with Crippen LogP contribution in [-0.2, 0) is 12.0 Å². The van der Waals surface area contributed by atoms with Gasteiger partial charge in [-0.25, -0.2) is 0 Å². The first-order valence-electron chi connectivity index (χ1n) is 6.70. The molecule has 0 amide bonds. The van der Waals surface area contributed by atoms with E-state index in [-0.39, 0.29) is 0 Å². The lowest BCUT2D eigenvalue weighted by Crippen LogP contribution is -2.46. The zero-order valence-electron chi connectivity index (χ0n) is 10.2. The molecule has 0 aliphatic carbocycles. The van der Waals surface area contributed by atoms with Crippen LogP contribution in [0, 0.1) is 0 Å². The van der Waals surface area contributed by atoms with Gasteiger partial charge in [0.15, 0.2) is 0 Å². The van der Waals surface area contributed by atoms with E-state index in [0.29, 0.717) is 5.54 Å². The van der Waals surface area contributed by atoms with Gasteiger partial charge < -0.3 is 0 Å². The van der Waals surface area contributed by atoms with E-state index in [9.17, 15) is 0 Å². The van der Waals surface area contributed by atoms with Gasteiger partial charge in [0.25, 0.3) is 0 Å². The Hall–Kier alpha value is -0.820. The Balaban J connectivity index is 2.09. The molecule has 1 heteroatoms. The fourth-order valence-corrected chi connectivity index (χ4v) is 3.84. The van der Waals surface area contributed by atoms with Crippen molar-refractivity contribution in [3.05, 3.63) is 35.4 Å². The summed E-state index contributed by atoms with van der Waals surface area (Å²) in [5, 5.41) is 0. The van der Waals surface area contributed by atoms with Crippen molar-refractivity contribution in [3.8, 4) is 0 Å². The average molecular weight is 215 g/mol. The van der Waals surface area contributed by atoms with E-state index in [1.165, 1.54) is 45.2 Å². The van der Waals surface area contributed by atoms with Gasteiger partial charge in [-0.2, -0.15) is 0 Å². The van der Waals surface area contributed by atoms with Crippen molar-refractivity contribution in [2.75, 3.05) is 13.1 Å². The van der Waals surface area contributed by atoms with Gasteiger partial charge in [0.2, 0.25) is 0 Å². The molecular weight excluding hydrogens is 194 g/mol. The molecule has 1 aromatic rings. The van der Waals surface area contributed by atoms with E-state index >= 15 is 0 Å². The maximum atomic E-state index is 2.75. The minimum atomic E-state index is 0.406. The normalized spacial score (nSPS) is 28.8. The first-order valence-corrected chi connectivity index (χ1v) is 6.70. The average Bonchev–Trinajstić information content (AvgIpc) is 2.73. The molecule has 2 heterocycles. The van der Waals surface area contributed by atoms with Crippen LogP contribution in [0.5, 0.6) is 0 Å². The lowest BCUT2D eigenvalue weighted by Gasteiger charge is -2.44. The molecule has 0 radical (unpaired) electrons. The highest BCUT2D eigenvalue weighted by Gasteiger charge is 2.44. The lowest BCUT2D eigenvalue weighted by molar-refractivity contribution is 0.112. The molecule has 1 fully saturated rings. The summed E-state index contributed by atoms with van der Waals surface area (Å²) in [5.74, 6) is 0. The second-order valence-electron chi connectivity index (χ2n) is 5.28. The van der Waals surface area contributed by atoms with Gasteiger partial charge in [0.05, 0.1) is 0 Å². The molecule has 86 valence electrons. The van der Waals surface area contributed by atoms with Gasteiger partial charge in [-0.3, -0.25) is 4.90 Å². The lowest BCUT2D eigenvalue weighted by atomic mass is 9.77. The van der Waals surface area contributed by atoms with E-state index in [1.54, 1.807) is 11.1 Å². The minimum absolute atomic E-state index is 0.406. The molecule has 1 aromatic carbocycles. The predicted molar refractivity (Wildman–Crippen MR) is 67.5 cm³/mol. The highest BCUT2D eigenvalue weighted by atomic mass is 15.2. The summed E-state index contributed by atoms with van der Waals surface area (Å²) >= 11 is 0. The smallest absolute Gasteiger partial charge is 0.0463 e. The topological polar surface area (TPSA) is 3.24 Å². The monoisotopic (exact) mass is 215 g/mol. The quantitative estimate of drug-likeness (QED) is 0.731. The van der Waals surface area contributed by atoms with Crippen LogP contribution in [-0.4, -0.2) is 18.0 Å². The summed E-state index contributed by atoms with van der Waals surface area (Å²) in [7, 11) is 0. The summed E-state index contributed by atoms with van der Waals surface area (Å²) in [6, 6.07) is 9.13. The first kappa shape index (κ1) is 10.3. The molecule has 1 nitrogen and oxygen atoms in total. The van der Waals surface area contributed by atoms with Crippen molar-refractivity contribution >= 4 is 0 Å². The van der Waals surface area contributed by atoms with Gasteiger partial charge in [-0.1, -0.05) is 37.6 Å². The van der Waals surface area contributed by atoms with Crippen LogP contribution < -0.4 is 0 Å². The van der Waals surface area contributed by atoms with Gasteiger partial charge in [-0.15, -0.1) is 0 Å². The summed E-state index contributed by atoms with van der Waals surface area (Å²) in [5.41, 5.74) is 3.65. The molecule has 0 aromatic heterocycles. The summed E-state index contributed by atoms with van der Waals surface area (Å²) < 4.78 is 0. The van der Waals surface area contributed by atoms with Crippen LogP contribution in [0.4, 0.5) is 0 Å². The van der Waals surface area contributed by atoms with E-state index in [2.05, 4.69) is 36.1 Å². The van der Waals surface area contributed by atoms with E-state index in [0.717, 1.165) is 0 Å². The third kappa shape index (κ3) is 1.34. The third-order valence-corrected chi connectivity index (χ3v) is 4.46. The van der Waals surface area contributed by atoms with E-state index in [1.807, 2.05) is 0 Å². The Labute approximate surface area is 98.5 Å². The second kappa shape index (κ2) is 3.89. The fraction of sp³-hybridized carbons (Fsp3) is 0.600. The molecule has 1 saturated heterocycles. The molecule has 2 aliphatic rings. The molecule has 0 bridgehead atoms. The third-order valence-electron chi connectivity index (χ3n) is 4.46. The van der Waals surface area contributed by atoms with Gasteiger partial charge in [0, 0.05) is 12.1 Å². The van der Waals surface area contributed by atoms with Crippen molar-refractivity contribution in [2.24, 2.45) is 0 Å². The first-order chi connectivity index (χ1) is 7.87. The molecule has 2 aliphatic heterocycles. The van der Waals surface area contributed by atoms with E-state index < -0.39 is 0 Å². The van der Waals surface area contributed by atoms with Crippen LogP contribution in [0.15, 0.2) is 24.3 Å². The Bertz CT molecular complexity index is 385. The standard InChI is InChI=1S/C15H21N/c1-2-9-15-10-5-11-16(15)12-8-13-6-3-4-7-14(13)15/h3-4,6-7H,2,5,8-12H2,1H3. The number of fused-ring (bicyclic) bond motifs is 3. The Morgan fingerprint density at radius 2 is 2.12 bits per heavy atom. The zero-order valence-corrected chi connectivity index (χ0v) is 10.2. The molecule has 1 atom stereocenters. The highest BCUT2D eigenvalue weighted by Crippen LogP contribution is 2.46. The number of nitrogens with zero attached hydrogens (tertiary/aromatic N) is 1. The molecular formula is C15H21N. The zero-order chi connectivity index (χ0) is 11.0. The number of hydrogen-bond acceptors (Lipinski definition) is 1. The number of hydrogen-bond donors (Lipinski definition) is 0. The predicted octanol–water partition coefficient (Wildman–Crippen LogP) is 3.33. The Morgan fingerprint density at radius 1 is 1.25 bits per heavy atom. The molecule has 16 heavy (non-hydrogen) atoms. The largest absolute Gasteiger partial charge is 0.293 e. The molecule has 0 saturated carbocycles. The van der Waals surface area contributed by atoms with Crippen LogP contribution in [0.1, 0.15) is 43.7 Å². The SMILES string of the molecule is CCCC12CCCN1CCc1ccccc12. The maximum Gasteiger partial charge on any atom is 0.0463 e. The molecule has 0 spiro atoms. The van der Waals surface area contributed by atoms with Crippen molar-refractivity contribution in [1.82, 2.24) is 4.90 Å². The summed E-state index contributed by atoms with van der Waals surface area (Å²) in [6.45, 7) is 4.91. The maximum absolute atomic E-state index is 2.75. The van der Waals surface area contributed by atoms with Crippen LogP contribution in [0.25, 0.3) is 0 Å². The number of benzene rings is 1. The van der Waals surface area contributed by atoms with Gasteiger partial charge in [-0.05, 0) is 43.4 Å². The molecule has 1 unspecified atom stereocenters. The highest BCUT2D eigenvalue weighted by molar-refractivity contribution is 5.37. The van der Waals surface area contributed by atoms with E-state index in [4.69, 9.17) is 0 Å². The minimum Gasteiger partial charge on any atom is -0.293 e. The van der Waals surface area contributed by atoms with Gasteiger partial charge >= 0.3 is 0 Å². The molecule has 0 N–H and O–H groups in total. The summed E-state index contributed by atoms with van der Waals surface area (Å²) in [4.78, 5) is 2.75. The van der Waals surface area contributed by atoms with Crippen molar-refractivity contribution < 1.29 is 0 Å². The van der Waals surface area contributed by atoms with Crippen molar-refractivity contribution in [3.63, 3.8) is 0 Å². The van der Waals surface area contributed by atoms with Crippen LogP contribution >= 0.6 is 0 Å². The Morgan fingerprint density at radius 3 is 3.00 bits per heavy atom. The van der Waals surface area contributed by atoms with Crippen molar-refractivity contribution in [1.29, 1.82) is 0 Å².